The van der Waals surface area contributed by atoms with Gasteiger partial charge < -0.3 is 10.1 Å². The van der Waals surface area contributed by atoms with Gasteiger partial charge >= 0.3 is 5.97 Å². The first kappa shape index (κ1) is 19.0. The second-order valence-electron chi connectivity index (χ2n) is 5.63. The molecule has 0 aliphatic carbocycles. The number of carbonyl (C=O) groups excluding carboxylic acids is 2. The summed E-state index contributed by atoms with van der Waals surface area (Å²) in [4.78, 5) is 34.2. The van der Waals surface area contributed by atoms with Crippen LogP contribution in [-0.4, -0.2) is 22.9 Å². The number of nitro groups is 1. The first-order valence-corrected chi connectivity index (χ1v) is 7.79. The lowest BCUT2D eigenvalue weighted by Gasteiger charge is -2.18. The molecule has 0 aliphatic rings. The Kier molecular flexibility index (Phi) is 6.00. The largest absolute Gasteiger partial charge is 0.449 e. The van der Waals surface area contributed by atoms with Crippen molar-refractivity contribution in [2.75, 3.05) is 0 Å². The number of amides is 1. The molecule has 0 bridgehead atoms. The average molecular weight is 360 g/mol. The third kappa shape index (κ3) is 4.85. The van der Waals surface area contributed by atoms with Gasteiger partial charge in [-0.1, -0.05) is 12.1 Å². The van der Waals surface area contributed by atoms with Crippen LogP contribution < -0.4 is 5.32 Å². The summed E-state index contributed by atoms with van der Waals surface area (Å²) >= 11 is 0. The molecule has 2 aromatic rings. The lowest BCUT2D eigenvalue weighted by atomic mass is 10.1. The quantitative estimate of drug-likeness (QED) is 0.485. The van der Waals surface area contributed by atoms with E-state index in [4.69, 9.17) is 4.74 Å². The molecule has 0 unspecified atom stereocenters. The van der Waals surface area contributed by atoms with Crippen LogP contribution in [0.25, 0.3) is 0 Å². The zero-order valence-electron chi connectivity index (χ0n) is 14.1. The molecule has 0 saturated carbocycles. The maximum Gasteiger partial charge on any atom is 0.338 e. The first-order chi connectivity index (χ1) is 12.3. The number of hydrogen-bond donors (Lipinski definition) is 1. The highest BCUT2D eigenvalue weighted by Crippen LogP contribution is 2.15. The highest BCUT2D eigenvalue weighted by atomic mass is 19.1. The van der Waals surface area contributed by atoms with E-state index < -0.39 is 28.9 Å². The molecule has 0 aromatic heterocycles. The van der Waals surface area contributed by atoms with E-state index >= 15 is 0 Å². The van der Waals surface area contributed by atoms with Crippen molar-refractivity contribution in [1.82, 2.24) is 5.32 Å². The number of esters is 1. The number of rotatable bonds is 6. The molecule has 0 saturated heterocycles. The van der Waals surface area contributed by atoms with Gasteiger partial charge in [0.1, 0.15) is 5.82 Å². The molecule has 0 heterocycles. The monoisotopic (exact) mass is 360 g/mol. The van der Waals surface area contributed by atoms with E-state index in [2.05, 4.69) is 5.32 Å². The third-order valence-corrected chi connectivity index (χ3v) is 3.70. The number of nitrogens with one attached hydrogen (secondary N) is 1. The summed E-state index contributed by atoms with van der Waals surface area (Å²) in [5.74, 6) is -1.66. The molecule has 8 heteroatoms. The highest BCUT2D eigenvalue weighted by Gasteiger charge is 2.21. The Hall–Kier alpha value is -3.29. The van der Waals surface area contributed by atoms with Crippen molar-refractivity contribution in [3.05, 3.63) is 75.6 Å². The molecule has 0 radical (unpaired) electrons. The van der Waals surface area contributed by atoms with Crippen LogP contribution in [-0.2, 0) is 9.53 Å². The second-order valence-corrected chi connectivity index (χ2v) is 5.63. The van der Waals surface area contributed by atoms with Gasteiger partial charge in [0.15, 0.2) is 6.10 Å². The van der Waals surface area contributed by atoms with Crippen molar-refractivity contribution in [3.8, 4) is 0 Å². The van der Waals surface area contributed by atoms with Crippen LogP contribution in [0.5, 0.6) is 0 Å². The maximum atomic E-state index is 12.9. The summed E-state index contributed by atoms with van der Waals surface area (Å²) in [6, 6.07) is 10.1. The Morgan fingerprint density at radius 2 is 1.65 bits per heavy atom. The van der Waals surface area contributed by atoms with Crippen LogP contribution in [0.3, 0.4) is 0 Å². The van der Waals surface area contributed by atoms with Crippen LogP contribution in [0.1, 0.15) is 35.8 Å². The first-order valence-electron chi connectivity index (χ1n) is 7.79. The fourth-order valence-corrected chi connectivity index (χ4v) is 2.17. The minimum atomic E-state index is -1.07. The van der Waals surface area contributed by atoms with E-state index in [0.717, 1.165) is 0 Å². The van der Waals surface area contributed by atoms with Gasteiger partial charge in [-0.2, -0.15) is 0 Å². The molecule has 1 amide bonds. The number of non-ortho nitro benzene ring substituents is 1. The Labute approximate surface area is 148 Å². The fraction of sp³-hybridized carbons (Fsp3) is 0.222. The molecule has 1 N–H and O–H groups in total. The Morgan fingerprint density at radius 1 is 1.08 bits per heavy atom. The maximum absolute atomic E-state index is 12.9. The number of hydrogen-bond acceptors (Lipinski definition) is 5. The van der Waals surface area contributed by atoms with E-state index in [9.17, 15) is 24.1 Å². The predicted molar refractivity (Wildman–Crippen MR) is 90.9 cm³/mol. The van der Waals surface area contributed by atoms with Crippen molar-refractivity contribution < 1.29 is 23.6 Å². The summed E-state index contributed by atoms with van der Waals surface area (Å²) in [7, 11) is 0. The molecular weight excluding hydrogens is 343 g/mol. The minimum absolute atomic E-state index is 0.0989. The zero-order valence-corrected chi connectivity index (χ0v) is 14.1. The fourth-order valence-electron chi connectivity index (χ4n) is 2.17. The van der Waals surface area contributed by atoms with E-state index in [1.54, 1.807) is 19.1 Å². The molecule has 26 heavy (non-hydrogen) atoms. The molecule has 2 rings (SSSR count). The number of ether oxygens (including phenoxy) is 1. The molecular formula is C18H17FN2O5. The van der Waals surface area contributed by atoms with Crippen molar-refractivity contribution >= 4 is 17.6 Å². The van der Waals surface area contributed by atoms with Gasteiger partial charge in [0.25, 0.3) is 11.6 Å². The third-order valence-electron chi connectivity index (χ3n) is 3.70. The number of halogens is 1. The summed E-state index contributed by atoms with van der Waals surface area (Å²) < 4.78 is 18.0. The summed E-state index contributed by atoms with van der Waals surface area (Å²) in [6.45, 7) is 3.13. The van der Waals surface area contributed by atoms with Crippen molar-refractivity contribution in [2.45, 2.75) is 26.0 Å². The van der Waals surface area contributed by atoms with Gasteiger partial charge in [-0.3, -0.25) is 14.9 Å². The molecule has 136 valence electrons. The number of carbonyl (C=O) groups is 2. The summed E-state index contributed by atoms with van der Waals surface area (Å²) in [5, 5.41) is 13.3. The number of nitrogens with zero attached hydrogens (tertiary/aromatic N) is 1. The van der Waals surface area contributed by atoms with E-state index in [1.165, 1.54) is 43.3 Å². The zero-order chi connectivity index (χ0) is 19.3. The van der Waals surface area contributed by atoms with Gasteiger partial charge in [0.05, 0.1) is 16.5 Å². The lowest BCUT2D eigenvalue weighted by molar-refractivity contribution is -0.384. The number of nitro benzene ring substituents is 1. The van der Waals surface area contributed by atoms with Crippen LogP contribution in [0, 0.1) is 15.9 Å². The summed E-state index contributed by atoms with van der Waals surface area (Å²) in [5.41, 5.74) is 0.649. The predicted octanol–water partition coefficient (Wildman–Crippen LogP) is 3.16. The van der Waals surface area contributed by atoms with Gasteiger partial charge in [-0.05, 0) is 43.7 Å². The minimum Gasteiger partial charge on any atom is -0.449 e. The standard InChI is InChI=1S/C18H17FN2O5/c1-11(13-3-7-15(19)8-4-13)20-17(22)12(2)26-18(23)14-5-9-16(10-6-14)21(24)25/h3-12H,1-2H3,(H,20,22)/t11-,12+/m0/s1. The topological polar surface area (TPSA) is 98.5 Å². The Morgan fingerprint density at radius 3 is 2.19 bits per heavy atom. The Bertz CT molecular complexity index is 805. The molecule has 2 aromatic carbocycles. The van der Waals surface area contributed by atoms with Crippen LogP contribution >= 0.6 is 0 Å². The molecule has 0 aliphatic heterocycles. The van der Waals surface area contributed by atoms with E-state index in [1.807, 2.05) is 0 Å². The summed E-state index contributed by atoms with van der Waals surface area (Å²) in [6.07, 6.45) is -1.07. The second kappa shape index (κ2) is 8.19. The van der Waals surface area contributed by atoms with Crippen LogP contribution in [0.4, 0.5) is 10.1 Å². The molecule has 2 atom stereocenters. The van der Waals surface area contributed by atoms with Crippen molar-refractivity contribution in [2.24, 2.45) is 0 Å². The molecule has 0 fully saturated rings. The van der Waals surface area contributed by atoms with Crippen LogP contribution in [0.2, 0.25) is 0 Å². The normalized spacial score (nSPS) is 12.7. The van der Waals surface area contributed by atoms with Crippen molar-refractivity contribution in [1.29, 1.82) is 0 Å². The lowest BCUT2D eigenvalue weighted by Crippen LogP contribution is -2.37. The SMILES string of the molecule is C[C@H](NC(=O)[C@@H](C)OC(=O)c1ccc([N+](=O)[O-])cc1)c1ccc(F)cc1. The van der Waals surface area contributed by atoms with E-state index in [0.29, 0.717) is 5.56 Å². The average Bonchev–Trinajstić information content (AvgIpc) is 2.62. The molecule has 0 spiro atoms. The van der Waals surface area contributed by atoms with Gasteiger partial charge in [0, 0.05) is 12.1 Å². The van der Waals surface area contributed by atoms with Gasteiger partial charge in [-0.25, -0.2) is 9.18 Å². The molecule has 7 nitrogen and oxygen atoms in total. The highest BCUT2D eigenvalue weighted by molar-refractivity contribution is 5.92. The van der Waals surface area contributed by atoms with E-state index in [-0.39, 0.29) is 17.1 Å². The van der Waals surface area contributed by atoms with Gasteiger partial charge in [0.2, 0.25) is 0 Å². The van der Waals surface area contributed by atoms with Gasteiger partial charge in [-0.15, -0.1) is 0 Å². The Balaban J connectivity index is 1.94. The smallest absolute Gasteiger partial charge is 0.338 e. The van der Waals surface area contributed by atoms with Crippen LogP contribution in [0.15, 0.2) is 48.5 Å². The van der Waals surface area contributed by atoms with Crippen molar-refractivity contribution in [3.63, 3.8) is 0 Å². The number of benzene rings is 2.